The largest absolute Gasteiger partial charge is 0.466 e. The van der Waals surface area contributed by atoms with Gasteiger partial charge in [0.25, 0.3) is 0 Å². The summed E-state index contributed by atoms with van der Waals surface area (Å²) in [6, 6.07) is 19.0. The van der Waals surface area contributed by atoms with Gasteiger partial charge in [-0.2, -0.15) is 13.2 Å². The average molecular weight is 1820 g/mol. The Bertz CT molecular complexity index is 2940. The van der Waals surface area contributed by atoms with Crippen molar-refractivity contribution in [1.82, 2.24) is 10.2 Å². The van der Waals surface area contributed by atoms with Crippen molar-refractivity contribution in [3.05, 3.63) is 107 Å². The number of hydrogen-bond acceptors (Lipinski definition) is 8. The quantitative estimate of drug-likeness (QED) is 0.0620. The Balaban J connectivity index is 0. The first-order valence-corrected chi connectivity index (χ1v) is 52.0. The summed E-state index contributed by atoms with van der Waals surface area (Å²) in [7, 11) is 0. The molecule has 3 saturated heterocycles. The van der Waals surface area contributed by atoms with E-state index in [0.29, 0.717) is 42.3 Å². The van der Waals surface area contributed by atoms with Crippen LogP contribution in [0.4, 0.5) is 26.3 Å². The van der Waals surface area contributed by atoms with Gasteiger partial charge in [-0.15, -0.1) is 11.6 Å². The van der Waals surface area contributed by atoms with Crippen molar-refractivity contribution in [1.29, 1.82) is 0 Å². The van der Waals surface area contributed by atoms with Crippen LogP contribution in [0.2, 0.25) is 0 Å². The fourth-order valence-corrected chi connectivity index (χ4v) is 16.7. The number of ether oxygens (including phenoxy) is 3. The third-order valence-electron chi connectivity index (χ3n) is 26.3. The number of carbonyl (C=O) groups is 1. The second-order valence-corrected chi connectivity index (χ2v) is 44.0. The molecule has 3 aromatic rings. The number of rotatable bonds is 19. The van der Waals surface area contributed by atoms with Crippen LogP contribution >= 0.6 is 11.6 Å². The maximum absolute atomic E-state index is 12.8. The van der Waals surface area contributed by atoms with E-state index in [2.05, 4.69) is 183 Å². The lowest BCUT2D eigenvalue weighted by Gasteiger charge is -2.29. The van der Waals surface area contributed by atoms with Crippen LogP contribution in [0.1, 0.15) is 408 Å². The van der Waals surface area contributed by atoms with E-state index in [1.54, 1.807) is 12.1 Å². The normalized spacial score (nSPS) is 22.7. The molecule has 9 fully saturated rings. The van der Waals surface area contributed by atoms with E-state index in [9.17, 15) is 36.2 Å². The van der Waals surface area contributed by atoms with Gasteiger partial charge in [0.15, 0.2) is 0 Å². The minimum atomic E-state index is -4.23. The maximum atomic E-state index is 12.8. The lowest BCUT2D eigenvalue weighted by atomic mass is 9.77. The van der Waals surface area contributed by atoms with Crippen molar-refractivity contribution < 1.29 is 55.6 Å². The summed E-state index contributed by atoms with van der Waals surface area (Å²) in [6.07, 6.45) is 26.1. The Morgan fingerprint density at radius 1 is 0.496 bits per heavy atom. The summed E-state index contributed by atoms with van der Waals surface area (Å²) < 4.78 is 89.9. The van der Waals surface area contributed by atoms with Crippen LogP contribution in [0.15, 0.2) is 72.8 Å². The zero-order chi connectivity index (χ0) is 96.9. The Hall–Kier alpha value is -3.24. The molecule has 8 nitrogen and oxygen atoms in total. The molecular formula is C112H203ClF6N2O6. The molecular weight excluding hydrogens is 1620 g/mol. The predicted octanol–water partition coefficient (Wildman–Crippen LogP) is 33.0. The van der Waals surface area contributed by atoms with Gasteiger partial charge in [-0.1, -0.05) is 269 Å². The van der Waals surface area contributed by atoms with Crippen molar-refractivity contribution in [2.75, 3.05) is 72.4 Å². The Morgan fingerprint density at radius 3 is 1.28 bits per heavy atom. The van der Waals surface area contributed by atoms with Gasteiger partial charge in [-0.05, 0) is 339 Å². The molecule has 15 heteroatoms. The number of carbonyl (C=O) groups excluding carboxylic acids is 1. The fraction of sp³-hybridized carbons (Fsp3) is 0.830. The van der Waals surface area contributed by atoms with E-state index >= 15 is 0 Å². The highest BCUT2D eigenvalue weighted by Crippen LogP contribution is 2.39. The summed E-state index contributed by atoms with van der Waals surface area (Å²) in [5.74, 6) is 17.1. The summed E-state index contributed by atoms with van der Waals surface area (Å²) in [4.78, 5) is 13.9. The van der Waals surface area contributed by atoms with E-state index in [0.717, 1.165) is 203 Å². The number of aliphatic hydroxyl groups is 2. The van der Waals surface area contributed by atoms with E-state index in [1.165, 1.54) is 165 Å². The first-order valence-electron chi connectivity index (χ1n) is 51.6. The number of benzene rings is 3. The highest BCUT2D eigenvalue weighted by atomic mass is 35.5. The Kier molecular flexibility index (Phi) is 73.4. The standard InChI is InChI=1S/C12H22O2.C10H11F3.2C9H11F.C9H19NO.C9H19N.C9H18O.C8H15Cl.C8H15F.C7H14O.C7H14.C6H12.C5H12O.C4H10/c1-4-14-12(13)11-7-5-10(6-8-11)9(2)3;1-7(2)8-4-3-5-9(6-8)10(11,12)13;1-7(2)8-3-5-9(10)6-4-8;1-7(2)8-5-3-4-6-9(8)10;1-9(2)3-4-10-5-7-11-8-6-10;1-8(2)6-9-4-3-5-10-7-9;1-7(2)8-3-5-9(10)6-4-8;2*1-6(2)7-3-4-8(9)5-7;1-6(2)7-3-4-8-5-7;1-6(2)7-4-3-5-7;1-5(2)6-3-4-6;1-5(2)3-4-6;1-4(2)3/h9-11H,4-8H2,1-3H3;3-7H,1-2H3;2*3-7H,1-2H3;9H,3-8H2,1-2H3;8-10H,3-7H2,1-2H3;7-10H,3-6H2,1-2H3;2*6-8H,3-5H2,1-2H3;6-7H,3-5H2,1-2H3;6-7H,3-5H2,1-2H3;2*5-6H,3-4H2,1-2H3;4H,1-3H3. The van der Waals surface area contributed by atoms with Gasteiger partial charge >= 0.3 is 12.1 Å². The van der Waals surface area contributed by atoms with Crippen LogP contribution < -0.4 is 5.32 Å². The zero-order valence-electron chi connectivity index (χ0n) is 87.5. The summed E-state index contributed by atoms with van der Waals surface area (Å²) in [5, 5.41) is 21.4. The van der Waals surface area contributed by atoms with Crippen molar-refractivity contribution in [3.8, 4) is 0 Å². The molecule has 9 aliphatic rings. The number of aliphatic hydroxyl groups excluding tert-OH is 2. The van der Waals surface area contributed by atoms with E-state index in [-0.39, 0.29) is 41.5 Å². The first-order chi connectivity index (χ1) is 59.6. The molecule has 0 radical (unpaired) electrons. The molecule has 746 valence electrons. The molecule has 6 aliphatic carbocycles. The third-order valence-corrected chi connectivity index (χ3v) is 26.7. The topological polar surface area (TPSA) is 100 Å². The van der Waals surface area contributed by atoms with Gasteiger partial charge in [-0.3, -0.25) is 9.69 Å². The number of morpholine rings is 1. The average Bonchev–Trinajstić information content (AvgIpc) is 1.48. The van der Waals surface area contributed by atoms with E-state index < -0.39 is 17.9 Å². The van der Waals surface area contributed by atoms with Crippen molar-refractivity contribution in [2.24, 2.45) is 118 Å². The van der Waals surface area contributed by atoms with Crippen molar-refractivity contribution >= 4 is 17.6 Å². The molecule has 3 aliphatic heterocycles. The van der Waals surface area contributed by atoms with Gasteiger partial charge in [0.2, 0.25) is 0 Å². The Labute approximate surface area is 786 Å². The van der Waals surface area contributed by atoms with Crippen molar-refractivity contribution in [3.63, 3.8) is 0 Å². The molecule has 6 atom stereocenters. The van der Waals surface area contributed by atoms with Crippen LogP contribution in [-0.2, 0) is 25.2 Å². The minimum absolute atomic E-state index is 0.00926. The first kappa shape index (κ1) is 126. The van der Waals surface area contributed by atoms with Crippen LogP contribution in [-0.4, -0.2) is 111 Å². The zero-order valence-corrected chi connectivity index (χ0v) is 88.3. The van der Waals surface area contributed by atoms with Crippen LogP contribution in [0.25, 0.3) is 0 Å². The molecule has 0 amide bonds. The molecule has 3 aromatic carbocycles. The minimum Gasteiger partial charge on any atom is -0.466 e. The highest BCUT2D eigenvalue weighted by molar-refractivity contribution is 6.20. The van der Waals surface area contributed by atoms with Gasteiger partial charge in [0, 0.05) is 38.3 Å². The number of halogens is 7. The van der Waals surface area contributed by atoms with Gasteiger partial charge in [-0.25, -0.2) is 13.2 Å². The molecule has 0 bridgehead atoms. The summed E-state index contributed by atoms with van der Waals surface area (Å²) in [5.41, 5.74) is 2.12. The molecule has 0 aromatic heterocycles. The number of alkyl halides is 5. The van der Waals surface area contributed by atoms with E-state index in [1.807, 2.05) is 58.9 Å². The fourth-order valence-electron chi connectivity index (χ4n) is 16.3. The van der Waals surface area contributed by atoms with Gasteiger partial charge < -0.3 is 29.7 Å². The second-order valence-electron chi connectivity index (χ2n) is 43.4. The summed E-state index contributed by atoms with van der Waals surface area (Å²) in [6.45, 7) is 76.2. The van der Waals surface area contributed by atoms with Crippen LogP contribution in [0.3, 0.4) is 0 Å². The lowest BCUT2D eigenvalue weighted by Crippen LogP contribution is -2.37. The van der Waals surface area contributed by atoms with Gasteiger partial charge in [0.1, 0.15) is 17.8 Å². The lowest BCUT2D eigenvalue weighted by molar-refractivity contribution is -0.149. The maximum Gasteiger partial charge on any atom is 0.416 e. The smallest absolute Gasteiger partial charge is 0.416 e. The number of nitrogens with one attached hydrogen (secondary N) is 1. The number of piperidine rings is 1. The number of esters is 1. The summed E-state index contributed by atoms with van der Waals surface area (Å²) >= 11 is 5.95. The molecule has 0 spiro atoms. The SMILES string of the molecule is CC(C)C.CC(C)C1CC1.CC(C)C1CCC(Cl)C1.CC(C)C1CCC(F)C1.CC(C)C1CCC(O)CC1.CC(C)C1CCC1.CC(C)C1CCOC1.CC(C)CC1CCCNC1.CC(C)CCN1CCOCC1.CC(C)CCO.CC(C)c1ccc(F)cc1.CC(C)c1cccc(C(F)(F)F)c1.CC(C)c1ccccc1F.CCOC(=O)C1CCC(C(C)C)CC1. The van der Waals surface area contributed by atoms with E-state index in [4.69, 9.17) is 30.9 Å². The molecule has 6 saturated carbocycles. The molecule has 6 unspecified atom stereocenters. The monoisotopic (exact) mass is 1820 g/mol. The van der Waals surface area contributed by atoms with Crippen LogP contribution in [0, 0.1) is 130 Å². The third kappa shape index (κ3) is 67.6. The van der Waals surface area contributed by atoms with Crippen molar-refractivity contribution in [2.45, 2.75) is 410 Å². The van der Waals surface area contributed by atoms with Crippen LogP contribution in [0.5, 0.6) is 0 Å². The molecule has 3 heterocycles. The molecule has 3 N–H and O–H groups in total. The second kappa shape index (κ2) is 74.1. The molecule has 12 rings (SSSR count). The number of hydrogen-bond donors (Lipinski definition) is 3. The highest BCUT2D eigenvalue weighted by Gasteiger charge is 2.32. The Morgan fingerprint density at radius 2 is 0.961 bits per heavy atom. The van der Waals surface area contributed by atoms with Gasteiger partial charge in [0.05, 0.1) is 37.4 Å². The predicted molar refractivity (Wildman–Crippen MR) is 537 cm³/mol. The molecule has 127 heavy (non-hydrogen) atoms. The number of nitrogens with zero attached hydrogens (tertiary/aromatic N) is 1.